The molecule has 7 heteroatoms. The van der Waals surface area contributed by atoms with Gasteiger partial charge in [-0.1, -0.05) is 30.3 Å². The van der Waals surface area contributed by atoms with Crippen molar-refractivity contribution in [1.29, 1.82) is 0 Å². The topological polar surface area (TPSA) is 67.9 Å². The maximum Gasteiger partial charge on any atom is 0.251 e. The summed E-state index contributed by atoms with van der Waals surface area (Å²) in [7, 11) is 1.73. The van der Waals surface area contributed by atoms with Crippen molar-refractivity contribution in [3.8, 4) is 11.5 Å². The average Bonchev–Trinajstić information content (AvgIpc) is 2.76. The number of nitrogens with zero attached hydrogens (tertiary/aromatic N) is 1. The van der Waals surface area contributed by atoms with Crippen molar-refractivity contribution < 1.29 is 19.1 Å². The van der Waals surface area contributed by atoms with Crippen LogP contribution < -0.4 is 14.8 Å². The van der Waals surface area contributed by atoms with Crippen molar-refractivity contribution in [2.45, 2.75) is 18.6 Å². The van der Waals surface area contributed by atoms with Crippen molar-refractivity contribution in [2.75, 3.05) is 32.2 Å². The summed E-state index contributed by atoms with van der Waals surface area (Å²) in [4.78, 5) is 27.2. The predicted octanol–water partition coefficient (Wildman–Crippen LogP) is 2.84. The Hall–Kier alpha value is -2.67. The maximum absolute atomic E-state index is 13.0. The van der Waals surface area contributed by atoms with Crippen LogP contribution in [0.5, 0.6) is 11.5 Å². The Bertz CT molecular complexity index is 831. The molecule has 0 unspecified atom stereocenters. The third kappa shape index (κ3) is 5.67. The van der Waals surface area contributed by atoms with Gasteiger partial charge in [0, 0.05) is 12.6 Å². The zero-order valence-corrected chi connectivity index (χ0v) is 17.5. The van der Waals surface area contributed by atoms with Crippen LogP contribution in [0.1, 0.15) is 16.8 Å². The number of fused-ring (bicyclic) bond motifs is 1. The number of para-hydroxylation sites is 2. The Morgan fingerprint density at radius 2 is 1.83 bits per heavy atom. The van der Waals surface area contributed by atoms with Crippen molar-refractivity contribution >= 4 is 23.6 Å². The largest absolute Gasteiger partial charge is 0.486 e. The molecule has 2 aromatic rings. The van der Waals surface area contributed by atoms with E-state index in [1.54, 1.807) is 48.0 Å². The Labute approximate surface area is 175 Å². The number of carbonyl (C=O) groups is 2. The molecule has 1 N–H and O–H groups in total. The van der Waals surface area contributed by atoms with Crippen LogP contribution in [-0.2, 0) is 4.79 Å². The summed E-state index contributed by atoms with van der Waals surface area (Å²) >= 11 is 1.64. The van der Waals surface area contributed by atoms with Crippen LogP contribution >= 0.6 is 11.8 Å². The summed E-state index contributed by atoms with van der Waals surface area (Å²) in [5.74, 6) is 1.79. The van der Waals surface area contributed by atoms with Gasteiger partial charge in [0.1, 0.15) is 12.6 Å². The SMILES string of the molecule is CSCC[C@H](NC(=O)c1ccccc1)C(=O)N(C)C[C@@H]1COc2ccccc2O1. The summed E-state index contributed by atoms with van der Waals surface area (Å²) in [6.45, 7) is 0.755. The highest BCUT2D eigenvalue weighted by atomic mass is 32.2. The highest BCUT2D eigenvalue weighted by Crippen LogP contribution is 2.31. The van der Waals surface area contributed by atoms with Gasteiger partial charge >= 0.3 is 0 Å². The Kier molecular flexibility index (Phi) is 7.41. The fraction of sp³-hybridized carbons (Fsp3) is 0.364. The highest BCUT2D eigenvalue weighted by Gasteiger charge is 2.28. The van der Waals surface area contributed by atoms with E-state index < -0.39 is 6.04 Å². The predicted molar refractivity (Wildman–Crippen MR) is 115 cm³/mol. The molecule has 3 rings (SSSR count). The van der Waals surface area contributed by atoms with E-state index in [9.17, 15) is 9.59 Å². The number of ether oxygens (including phenoxy) is 2. The van der Waals surface area contributed by atoms with Crippen molar-refractivity contribution in [1.82, 2.24) is 10.2 Å². The first-order valence-corrected chi connectivity index (χ1v) is 11.0. The molecular weight excluding hydrogens is 388 g/mol. The lowest BCUT2D eigenvalue weighted by atomic mass is 10.1. The third-order valence-electron chi connectivity index (χ3n) is 4.67. The molecule has 2 atom stereocenters. The fourth-order valence-corrected chi connectivity index (χ4v) is 3.61. The van der Waals surface area contributed by atoms with E-state index in [-0.39, 0.29) is 17.9 Å². The first-order valence-electron chi connectivity index (χ1n) is 9.56. The van der Waals surface area contributed by atoms with Crippen LogP contribution in [0.3, 0.4) is 0 Å². The molecule has 1 aliphatic rings. The number of carbonyl (C=O) groups excluding carboxylic acids is 2. The smallest absolute Gasteiger partial charge is 0.251 e. The molecule has 1 aliphatic heterocycles. The first kappa shape index (κ1) is 21.0. The molecule has 154 valence electrons. The van der Waals surface area contributed by atoms with Crippen LogP contribution in [0.15, 0.2) is 54.6 Å². The molecule has 0 saturated heterocycles. The van der Waals surface area contributed by atoms with Gasteiger partial charge in [0.25, 0.3) is 5.91 Å². The van der Waals surface area contributed by atoms with Gasteiger partial charge in [-0.05, 0) is 42.7 Å². The molecule has 1 heterocycles. The first-order chi connectivity index (χ1) is 14.1. The zero-order chi connectivity index (χ0) is 20.6. The number of hydrogen-bond donors (Lipinski definition) is 1. The number of thioether (sulfide) groups is 1. The van der Waals surface area contributed by atoms with Gasteiger partial charge in [0.05, 0.1) is 6.54 Å². The number of amides is 2. The van der Waals surface area contributed by atoms with Gasteiger partial charge < -0.3 is 19.7 Å². The van der Waals surface area contributed by atoms with E-state index in [2.05, 4.69) is 5.32 Å². The summed E-state index contributed by atoms with van der Waals surface area (Å²) in [6.07, 6.45) is 2.28. The van der Waals surface area contributed by atoms with Crippen LogP contribution in [0.25, 0.3) is 0 Å². The summed E-state index contributed by atoms with van der Waals surface area (Å²) in [5, 5.41) is 2.89. The quantitative estimate of drug-likeness (QED) is 0.720. The molecule has 6 nitrogen and oxygen atoms in total. The van der Waals surface area contributed by atoms with E-state index in [0.717, 1.165) is 5.75 Å². The molecule has 0 saturated carbocycles. The van der Waals surface area contributed by atoms with Crippen LogP contribution in [0, 0.1) is 0 Å². The standard InChI is InChI=1S/C22H26N2O4S/c1-24(14-17-15-27-19-10-6-7-11-20(19)28-17)22(26)18(12-13-29-2)23-21(25)16-8-4-3-5-9-16/h3-11,17-18H,12-15H2,1-2H3,(H,23,25)/t17-,18+/m1/s1. The minimum atomic E-state index is -0.586. The van der Waals surface area contributed by atoms with Crippen LogP contribution in [-0.4, -0.2) is 61.1 Å². The molecule has 0 fully saturated rings. The van der Waals surface area contributed by atoms with Crippen LogP contribution in [0.2, 0.25) is 0 Å². The second-order valence-corrected chi connectivity index (χ2v) is 7.88. The number of likely N-dealkylation sites (N-methyl/N-ethyl adjacent to an activating group) is 1. The van der Waals surface area contributed by atoms with E-state index in [1.807, 2.05) is 36.6 Å². The maximum atomic E-state index is 13.0. The lowest BCUT2D eigenvalue weighted by Crippen LogP contribution is -2.50. The van der Waals surface area contributed by atoms with Gasteiger partial charge in [0.15, 0.2) is 17.6 Å². The minimum Gasteiger partial charge on any atom is -0.486 e. The summed E-state index contributed by atoms with van der Waals surface area (Å²) < 4.78 is 11.7. The monoisotopic (exact) mass is 414 g/mol. The fourth-order valence-electron chi connectivity index (χ4n) is 3.14. The lowest BCUT2D eigenvalue weighted by Gasteiger charge is -2.31. The van der Waals surface area contributed by atoms with Gasteiger partial charge in [0.2, 0.25) is 5.91 Å². The average molecular weight is 415 g/mol. The lowest BCUT2D eigenvalue weighted by molar-refractivity contribution is -0.133. The van der Waals surface area contributed by atoms with E-state index in [4.69, 9.17) is 9.47 Å². The number of hydrogen-bond acceptors (Lipinski definition) is 5. The van der Waals surface area contributed by atoms with Gasteiger partial charge in [-0.2, -0.15) is 11.8 Å². The van der Waals surface area contributed by atoms with Gasteiger partial charge in [-0.15, -0.1) is 0 Å². The van der Waals surface area contributed by atoms with Gasteiger partial charge in [-0.3, -0.25) is 9.59 Å². The van der Waals surface area contributed by atoms with Crippen molar-refractivity contribution in [3.63, 3.8) is 0 Å². The van der Waals surface area contributed by atoms with E-state index in [1.165, 1.54) is 0 Å². The summed E-state index contributed by atoms with van der Waals surface area (Å²) in [6, 6.07) is 15.8. The highest BCUT2D eigenvalue weighted by molar-refractivity contribution is 7.98. The molecule has 0 aliphatic carbocycles. The summed E-state index contributed by atoms with van der Waals surface area (Å²) in [5.41, 5.74) is 0.540. The molecular formula is C22H26N2O4S. The second kappa shape index (κ2) is 10.2. The zero-order valence-electron chi connectivity index (χ0n) is 16.7. The molecule has 0 radical (unpaired) electrons. The number of rotatable bonds is 8. The van der Waals surface area contributed by atoms with E-state index >= 15 is 0 Å². The number of nitrogens with one attached hydrogen (secondary N) is 1. The molecule has 0 aromatic heterocycles. The second-order valence-electron chi connectivity index (χ2n) is 6.89. The normalized spacial score (nSPS) is 16.0. The molecule has 29 heavy (non-hydrogen) atoms. The molecule has 2 aromatic carbocycles. The molecule has 2 amide bonds. The number of benzene rings is 2. The van der Waals surface area contributed by atoms with Gasteiger partial charge in [-0.25, -0.2) is 0 Å². The Morgan fingerprint density at radius 3 is 2.55 bits per heavy atom. The Balaban J connectivity index is 1.61. The van der Waals surface area contributed by atoms with Crippen molar-refractivity contribution in [2.24, 2.45) is 0 Å². The molecule has 0 spiro atoms. The molecule has 0 bridgehead atoms. The minimum absolute atomic E-state index is 0.134. The van der Waals surface area contributed by atoms with E-state index in [0.29, 0.717) is 36.6 Å². The van der Waals surface area contributed by atoms with Crippen molar-refractivity contribution in [3.05, 3.63) is 60.2 Å². The van der Waals surface area contributed by atoms with Crippen LogP contribution in [0.4, 0.5) is 0 Å². The Morgan fingerprint density at radius 1 is 1.14 bits per heavy atom. The third-order valence-corrected chi connectivity index (χ3v) is 5.32.